The van der Waals surface area contributed by atoms with Gasteiger partial charge in [0.05, 0.1) is 13.2 Å². The van der Waals surface area contributed by atoms with Crippen LogP contribution in [0.25, 0.3) is 0 Å². The molecule has 0 saturated carbocycles. The summed E-state index contributed by atoms with van der Waals surface area (Å²) >= 11 is 0. The van der Waals surface area contributed by atoms with E-state index in [2.05, 4.69) is 15.5 Å². The Hall–Kier alpha value is -2.14. The van der Waals surface area contributed by atoms with Crippen molar-refractivity contribution in [1.29, 1.82) is 0 Å². The van der Waals surface area contributed by atoms with Crippen molar-refractivity contribution >= 4 is 11.6 Å². The first-order valence-electron chi connectivity index (χ1n) is 6.68. The second-order valence-electron chi connectivity index (χ2n) is 5.05. The Morgan fingerprint density at radius 2 is 2.10 bits per heavy atom. The molecule has 0 unspecified atom stereocenters. The van der Waals surface area contributed by atoms with Gasteiger partial charge in [-0.1, -0.05) is 18.2 Å². The summed E-state index contributed by atoms with van der Waals surface area (Å²) in [5, 5.41) is 10.0. The number of aromatic nitrogens is 2. The molecule has 2 heterocycles. The average molecular weight is 271 g/mol. The van der Waals surface area contributed by atoms with Crippen LogP contribution in [0.5, 0.6) is 0 Å². The first-order chi connectivity index (χ1) is 9.66. The van der Waals surface area contributed by atoms with Gasteiger partial charge in [0.2, 0.25) is 0 Å². The third kappa shape index (κ3) is 2.20. The monoisotopic (exact) mass is 271 g/mol. The van der Waals surface area contributed by atoms with E-state index in [0.717, 1.165) is 34.5 Å². The molecule has 1 aromatic carbocycles. The van der Waals surface area contributed by atoms with E-state index in [-0.39, 0.29) is 5.91 Å². The molecule has 0 atom stereocenters. The van der Waals surface area contributed by atoms with E-state index in [9.17, 15) is 4.79 Å². The Labute approximate surface area is 117 Å². The van der Waals surface area contributed by atoms with Crippen molar-refractivity contribution in [1.82, 2.24) is 10.2 Å². The largest absolute Gasteiger partial charge is 0.376 e. The van der Waals surface area contributed by atoms with Crippen molar-refractivity contribution in [3.8, 4) is 0 Å². The number of ether oxygens (including phenoxy) is 1. The topological polar surface area (TPSA) is 67.0 Å². The van der Waals surface area contributed by atoms with E-state index in [4.69, 9.17) is 4.74 Å². The molecule has 0 saturated heterocycles. The molecule has 3 rings (SSSR count). The fraction of sp³-hybridized carbons (Fsp3) is 0.333. The zero-order valence-corrected chi connectivity index (χ0v) is 11.6. The van der Waals surface area contributed by atoms with Crippen LogP contribution >= 0.6 is 0 Å². The molecule has 1 aliphatic rings. The number of fused-ring (bicyclic) bond motifs is 1. The lowest BCUT2D eigenvalue weighted by molar-refractivity contribution is 0.0985. The van der Waals surface area contributed by atoms with Gasteiger partial charge >= 0.3 is 0 Å². The van der Waals surface area contributed by atoms with Gasteiger partial charge in [0, 0.05) is 23.4 Å². The van der Waals surface area contributed by atoms with Crippen LogP contribution in [-0.2, 0) is 17.8 Å². The van der Waals surface area contributed by atoms with Crippen molar-refractivity contribution in [3.63, 3.8) is 0 Å². The molecular weight excluding hydrogens is 254 g/mol. The van der Waals surface area contributed by atoms with E-state index < -0.39 is 0 Å². The number of hydrogen-bond acceptors (Lipinski definition) is 3. The molecule has 0 bridgehead atoms. The first kappa shape index (κ1) is 12.9. The SMILES string of the molecule is Cc1cccc(C)c1NC(=O)c1n[nH]c2c1COCC2. The molecule has 2 aromatic rings. The fourth-order valence-corrected chi connectivity index (χ4v) is 2.48. The summed E-state index contributed by atoms with van der Waals surface area (Å²) in [6, 6.07) is 5.93. The molecule has 0 aliphatic carbocycles. The van der Waals surface area contributed by atoms with E-state index in [1.54, 1.807) is 0 Å². The van der Waals surface area contributed by atoms with E-state index >= 15 is 0 Å². The van der Waals surface area contributed by atoms with Crippen LogP contribution in [0.1, 0.15) is 32.9 Å². The number of amides is 1. The van der Waals surface area contributed by atoms with Crippen LogP contribution in [0, 0.1) is 13.8 Å². The third-order valence-electron chi connectivity index (χ3n) is 3.63. The molecule has 0 spiro atoms. The second kappa shape index (κ2) is 5.09. The Balaban J connectivity index is 1.89. The summed E-state index contributed by atoms with van der Waals surface area (Å²) in [6.07, 6.45) is 0.777. The summed E-state index contributed by atoms with van der Waals surface area (Å²) in [5.74, 6) is -0.189. The number of anilines is 1. The summed E-state index contributed by atoms with van der Waals surface area (Å²) in [7, 11) is 0. The number of benzene rings is 1. The fourth-order valence-electron chi connectivity index (χ4n) is 2.48. The highest BCUT2D eigenvalue weighted by molar-refractivity contribution is 6.04. The second-order valence-corrected chi connectivity index (χ2v) is 5.05. The van der Waals surface area contributed by atoms with Gasteiger partial charge in [-0.3, -0.25) is 9.89 Å². The maximum Gasteiger partial charge on any atom is 0.276 e. The van der Waals surface area contributed by atoms with Crippen LogP contribution < -0.4 is 5.32 Å². The Bertz CT molecular complexity index is 641. The van der Waals surface area contributed by atoms with Crippen molar-refractivity contribution in [3.05, 3.63) is 46.3 Å². The summed E-state index contributed by atoms with van der Waals surface area (Å²) in [4.78, 5) is 12.4. The van der Waals surface area contributed by atoms with Gasteiger partial charge < -0.3 is 10.1 Å². The zero-order valence-electron chi connectivity index (χ0n) is 11.6. The molecule has 20 heavy (non-hydrogen) atoms. The number of nitrogens with one attached hydrogen (secondary N) is 2. The molecule has 5 heteroatoms. The molecule has 104 valence electrons. The van der Waals surface area contributed by atoms with Gasteiger partial charge in [-0.15, -0.1) is 0 Å². The standard InChI is InChI=1S/C15H17N3O2/c1-9-4-3-5-10(2)13(9)16-15(19)14-11-8-20-7-6-12(11)17-18-14/h3-5H,6-8H2,1-2H3,(H,16,19)(H,17,18). The van der Waals surface area contributed by atoms with Crippen LogP contribution in [-0.4, -0.2) is 22.7 Å². The highest BCUT2D eigenvalue weighted by Crippen LogP contribution is 2.22. The maximum absolute atomic E-state index is 12.4. The van der Waals surface area contributed by atoms with Gasteiger partial charge in [0.25, 0.3) is 5.91 Å². The van der Waals surface area contributed by atoms with Crippen LogP contribution in [0.4, 0.5) is 5.69 Å². The number of nitrogens with zero attached hydrogens (tertiary/aromatic N) is 1. The molecule has 1 aromatic heterocycles. The number of carbonyl (C=O) groups is 1. The Kier molecular flexibility index (Phi) is 3.28. The predicted octanol–water partition coefficient (Wildman–Crippen LogP) is 2.35. The molecule has 2 N–H and O–H groups in total. The summed E-state index contributed by atoms with van der Waals surface area (Å²) < 4.78 is 5.40. The molecular formula is C15H17N3O2. The van der Waals surface area contributed by atoms with Crippen molar-refractivity contribution < 1.29 is 9.53 Å². The zero-order chi connectivity index (χ0) is 14.1. The highest BCUT2D eigenvalue weighted by atomic mass is 16.5. The van der Waals surface area contributed by atoms with Crippen LogP contribution in [0.15, 0.2) is 18.2 Å². The number of aryl methyl sites for hydroxylation is 2. The molecule has 1 amide bonds. The molecule has 5 nitrogen and oxygen atoms in total. The minimum atomic E-state index is -0.189. The lowest BCUT2D eigenvalue weighted by atomic mass is 10.1. The molecule has 0 fully saturated rings. The number of hydrogen-bond donors (Lipinski definition) is 2. The highest BCUT2D eigenvalue weighted by Gasteiger charge is 2.22. The van der Waals surface area contributed by atoms with Gasteiger partial charge in [-0.2, -0.15) is 5.10 Å². The normalized spacial score (nSPS) is 13.9. The predicted molar refractivity (Wildman–Crippen MR) is 75.8 cm³/mol. The lowest BCUT2D eigenvalue weighted by Gasteiger charge is -2.13. The smallest absolute Gasteiger partial charge is 0.276 e. The number of H-pyrrole nitrogens is 1. The number of carbonyl (C=O) groups excluding carboxylic acids is 1. The maximum atomic E-state index is 12.4. The third-order valence-corrected chi connectivity index (χ3v) is 3.63. The Morgan fingerprint density at radius 3 is 2.85 bits per heavy atom. The molecule has 1 aliphatic heterocycles. The van der Waals surface area contributed by atoms with Gasteiger partial charge in [-0.25, -0.2) is 0 Å². The van der Waals surface area contributed by atoms with Gasteiger partial charge in [0.1, 0.15) is 0 Å². The minimum Gasteiger partial charge on any atom is -0.376 e. The van der Waals surface area contributed by atoms with E-state index in [1.807, 2.05) is 32.0 Å². The van der Waals surface area contributed by atoms with Crippen molar-refractivity contribution in [2.45, 2.75) is 26.9 Å². The Morgan fingerprint density at radius 1 is 1.35 bits per heavy atom. The van der Waals surface area contributed by atoms with Crippen LogP contribution in [0.3, 0.4) is 0 Å². The number of rotatable bonds is 2. The summed E-state index contributed by atoms with van der Waals surface area (Å²) in [5.41, 5.74) is 5.24. The molecule has 0 radical (unpaired) electrons. The first-order valence-corrected chi connectivity index (χ1v) is 6.68. The van der Waals surface area contributed by atoms with Gasteiger partial charge in [0.15, 0.2) is 5.69 Å². The number of para-hydroxylation sites is 1. The minimum absolute atomic E-state index is 0.189. The van der Waals surface area contributed by atoms with Crippen LogP contribution in [0.2, 0.25) is 0 Å². The van der Waals surface area contributed by atoms with Gasteiger partial charge in [-0.05, 0) is 25.0 Å². The van der Waals surface area contributed by atoms with Crippen molar-refractivity contribution in [2.75, 3.05) is 11.9 Å². The summed E-state index contributed by atoms with van der Waals surface area (Å²) in [6.45, 7) is 5.08. The lowest BCUT2D eigenvalue weighted by Crippen LogP contribution is -2.18. The quantitative estimate of drug-likeness (QED) is 0.881. The van der Waals surface area contributed by atoms with Crippen molar-refractivity contribution in [2.24, 2.45) is 0 Å². The number of aromatic amines is 1. The average Bonchev–Trinajstić information content (AvgIpc) is 2.87. The van der Waals surface area contributed by atoms with E-state index in [1.165, 1.54) is 0 Å². The van der Waals surface area contributed by atoms with E-state index in [0.29, 0.717) is 18.9 Å².